The van der Waals surface area contributed by atoms with Crippen molar-refractivity contribution in [1.82, 2.24) is 10.2 Å². The summed E-state index contributed by atoms with van der Waals surface area (Å²) in [7, 11) is 1.79. The highest BCUT2D eigenvalue weighted by Gasteiger charge is 2.30. The molecule has 0 heterocycles. The number of rotatable bonds is 3. The molecule has 2 atom stereocenters. The highest BCUT2D eigenvalue weighted by atomic mass is 35.5. The van der Waals surface area contributed by atoms with E-state index < -0.39 is 0 Å². The normalized spacial score (nSPS) is 24.9. The van der Waals surface area contributed by atoms with Gasteiger partial charge in [-0.1, -0.05) is 12.8 Å². The van der Waals surface area contributed by atoms with Crippen LogP contribution >= 0.6 is 11.6 Å². The molecule has 1 aliphatic rings. The molecule has 1 fully saturated rings. The Morgan fingerprint density at radius 2 is 2.00 bits per heavy atom. The number of nitrogens with one attached hydrogen (secondary N) is 1. The van der Waals surface area contributed by atoms with Crippen LogP contribution in [0.2, 0.25) is 0 Å². The molecule has 0 aromatic rings. The molecule has 0 aromatic heterocycles. The number of hydrogen-bond acceptors (Lipinski definition) is 2. The van der Waals surface area contributed by atoms with Crippen molar-refractivity contribution in [3.05, 3.63) is 0 Å². The van der Waals surface area contributed by atoms with Crippen molar-refractivity contribution in [2.24, 2.45) is 0 Å². The third-order valence-electron chi connectivity index (χ3n) is 3.19. The van der Waals surface area contributed by atoms with E-state index in [2.05, 4.69) is 5.32 Å². The minimum Gasteiger partial charge on any atom is -0.350 e. The Morgan fingerprint density at radius 1 is 1.38 bits per heavy atom. The Balaban J connectivity index is 2.63. The van der Waals surface area contributed by atoms with Gasteiger partial charge >= 0.3 is 0 Å². The third kappa shape index (κ3) is 3.37. The highest BCUT2D eigenvalue weighted by Crippen LogP contribution is 2.22. The Labute approximate surface area is 101 Å². The standard InChI is InChI=1S/C11H19ClN2O2/c1-8(15)14(2)10-6-4-3-5-9(10)13-11(16)7-12/h9-10H,3-7H2,1-2H3,(H,13,16). The van der Waals surface area contributed by atoms with Gasteiger partial charge in [0.1, 0.15) is 5.88 Å². The zero-order valence-corrected chi connectivity index (χ0v) is 10.6. The van der Waals surface area contributed by atoms with E-state index in [-0.39, 0.29) is 29.8 Å². The van der Waals surface area contributed by atoms with Crippen molar-refractivity contribution < 1.29 is 9.59 Å². The van der Waals surface area contributed by atoms with E-state index in [9.17, 15) is 9.59 Å². The molecule has 1 N–H and O–H groups in total. The van der Waals surface area contributed by atoms with Gasteiger partial charge in [-0.05, 0) is 12.8 Å². The van der Waals surface area contributed by atoms with Gasteiger partial charge in [-0.15, -0.1) is 11.6 Å². The molecule has 0 saturated heterocycles. The number of carbonyl (C=O) groups is 2. The fourth-order valence-corrected chi connectivity index (χ4v) is 2.30. The summed E-state index contributed by atoms with van der Waals surface area (Å²) in [6.07, 6.45) is 4.07. The Bertz CT molecular complexity index is 271. The topological polar surface area (TPSA) is 49.4 Å². The van der Waals surface area contributed by atoms with E-state index in [0.717, 1.165) is 25.7 Å². The van der Waals surface area contributed by atoms with Crippen molar-refractivity contribution in [3.63, 3.8) is 0 Å². The molecule has 5 heteroatoms. The molecule has 1 rings (SSSR count). The minimum absolute atomic E-state index is 0.0208. The van der Waals surface area contributed by atoms with Gasteiger partial charge in [-0.25, -0.2) is 0 Å². The first-order chi connectivity index (χ1) is 7.56. The van der Waals surface area contributed by atoms with Crippen LogP contribution in [0.25, 0.3) is 0 Å². The SMILES string of the molecule is CC(=O)N(C)C1CCCCC1NC(=O)CCl. The van der Waals surface area contributed by atoms with E-state index in [1.165, 1.54) is 0 Å². The second kappa shape index (κ2) is 6.09. The Morgan fingerprint density at radius 3 is 2.56 bits per heavy atom. The minimum atomic E-state index is -0.157. The van der Waals surface area contributed by atoms with Gasteiger partial charge in [0.2, 0.25) is 11.8 Å². The molecule has 0 spiro atoms. The van der Waals surface area contributed by atoms with E-state index >= 15 is 0 Å². The van der Waals surface area contributed by atoms with Gasteiger partial charge in [-0.2, -0.15) is 0 Å². The number of amides is 2. The molecule has 1 saturated carbocycles. The molecule has 0 aromatic carbocycles. The maximum Gasteiger partial charge on any atom is 0.235 e. The first kappa shape index (κ1) is 13.3. The van der Waals surface area contributed by atoms with Crippen LogP contribution < -0.4 is 5.32 Å². The summed E-state index contributed by atoms with van der Waals surface area (Å²) in [5.74, 6) is -0.139. The number of nitrogens with zero attached hydrogens (tertiary/aromatic N) is 1. The van der Waals surface area contributed by atoms with Crippen LogP contribution in [0.3, 0.4) is 0 Å². The van der Waals surface area contributed by atoms with Crippen LogP contribution in [0.5, 0.6) is 0 Å². The largest absolute Gasteiger partial charge is 0.350 e. The van der Waals surface area contributed by atoms with Gasteiger partial charge in [-0.3, -0.25) is 9.59 Å². The fraction of sp³-hybridized carbons (Fsp3) is 0.818. The summed E-state index contributed by atoms with van der Waals surface area (Å²) >= 11 is 5.47. The quantitative estimate of drug-likeness (QED) is 0.759. The summed E-state index contributed by atoms with van der Waals surface area (Å²) in [5.41, 5.74) is 0. The number of carbonyl (C=O) groups excluding carboxylic acids is 2. The van der Waals surface area contributed by atoms with Gasteiger partial charge in [0.05, 0.1) is 6.04 Å². The number of alkyl halides is 1. The predicted molar refractivity (Wildman–Crippen MR) is 63.4 cm³/mol. The average molecular weight is 247 g/mol. The second-order valence-electron chi connectivity index (χ2n) is 4.29. The average Bonchev–Trinajstić information content (AvgIpc) is 2.28. The first-order valence-electron chi connectivity index (χ1n) is 5.65. The van der Waals surface area contributed by atoms with Crippen LogP contribution in [0.4, 0.5) is 0 Å². The lowest BCUT2D eigenvalue weighted by Crippen LogP contribution is -2.53. The van der Waals surface area contributed by atoms with Crippen molar-refractivity contribution in [2.45, 2.75) is 44.7 Å². The maximum atomic E-state index is 11.3. The predicted octanol–water partition coefficient (Wildman–Crippen LogP) is 1.13. The highest BCUT2D eigenvalue weighted by molar-refractivity contribution is 6.27. The summed E-state index contributed by atoms with van der Waals surface area (Å²) in [5, 5.41) is 2.89. The van der Waals surface area contributed by atoms with Gasteiger partial charge in [0.15, 0.2) is 0 Å². The van der Waals surface area contributed by atoms with Crippen LogP contribution in [-0.4, -0.2) is 41.7 Å². The molecule has 2 amide bonds. The van der Waals surface area contributed by atoms with Gasteiger partial charge in [0.25, 0.3) is 0 Å². The van der Waals surface area contributed by atoms with Crippen molar-refractivity contribution >= 4 is 23.4 Å². The smallest absolute Gasteiger partial charge is 0.235 e. The fourth-order valence-electron chi connectivity index (χ4n) is 2.22. The van der Waals surface area contributed by atoms with E-state index in [1.54, 1.807) is 18.9 Å². The molecule has 92 valence electrons. The monoisotopic (exact) mass is 246 g/mol. The number of halogens is 1. The van der Waals surface area contributed by atoms with Gasteiger partial charge in [0, 0.05) is 20.0 Å². The lowest BCUT2D eigenvalue weighted by Gasteiger charge is -2.37. The molecule has 16 heavy (non-hydrogen) atoms. The van der Waals surface area contributed by atoms with Crippen molar-refractivity contribution in [1.29, 1.82) is 0 Å². The maximum absolute atomic E-state index is 11.3. The Hall–Kier alpha value is -0.770. The molecule has 2 unspecified atom stereocenters. The zero-order valence-electron chi connectivity index (χ0n) is 9.83. The lowest BCUT2D eigenvalue weighted by atomic mass is 9.89. The number of hydrogen-bond donors (Lipinski definition) is 1. The zero-order chi connectivity index (χ0) is 12.1. The van der Waals surface area contributed by atoms with Crippen molar-refractivity contribution in [3.8, 4) is 0 Å². The molecule has 0 bridgehead atoms. The number of likely N-dealkylation sites (N-methyl/N-ethyl adjacent to an activating group) is 1. The second-order valence-corrected chi connectivity index (χ2v) is 4.56. The molecular formula is C11H19ClN2O2. The Kier molecular flexibility index (Phi) is 5.06. The van der Waals surface area contributed by atoms with Crippen LogP contribution in [0, 0.1) is 0 Å². The molecular weight excluding hydrogens is 228 g/mol. The third-order valence-corrected chi connectivity index (χ3v) is 3.43. The van der Waals surface area contributed by atoms with E-state index in [4.69, 9.17) is 11.6 Å². The molecule has 0 radical (unpaired) electrons. The van der Waals surface area contributed by atoms with E-state index in [0.29, 0.717) is 0 Å². The molecule has 4 nitrogen and oxygen atoms in total. The summed E-state index contributed by atoms with van der Waals surface area (Å²) < 4.78 is 0. The molecule has 1 aliphatic carbocycles. The van der Waals surface area contributed by atoms with Crippen molar-refractivity contribution in [2.75, 3.05) is 12.9 Å². The summed E-state index contributed by atoms with van der Waals surface area (Å²) in [6.45, 7) is 1.55. The van der Waals surface area contributed by atoms with Gasteiger partial charge < -0.3 is 10.2 Å². The van der Waals surface area contributed by atoms with Crippen LogP contribution in [0.15, 0.2) is 0 Å². The first-order valence-corrected chi connectivity index (χ1v) is 6.18. The summed E-state index contributed by atoms with van der Waals surface area (Å²) in [4.78, 5) is 24.3. The van der Waals surface area contributed by atoms with E-state index in [1.807, 2.05) is 0 Å². The summed E-state index contributed by atoms with van der Waals surface area (Å²) in [6, 6.07) is 0.160. The van der Waals surface area contributed by atoms with Crippen LogP contribution in [0.1, 0.15) is 32.6 Å². The lowest BCUT2D eigenvalue weighted by molar-refractivity contribution is -0.132. The molecule has 0 aliphatic heterocycles. The van der Waals surface area contributed by atoms with Crippen LogP contribution in [-0.2, 0) is 9.59 Å².